The van der Waals surface area contributed by atoms with Crippen molar-refractivity contribution in [2.24, 2.45) is 5.41 Å². The summed E-state index contributed by atoms with van der Waals surface area (Å²) in [7, 11) is 0. The highest BCUT2D eigenvalue weighted by atomic mass is 16.5. The van der Waals surface area contributed by atoms with Crippen LogP contribution in [-0.2, 0) is 0 Å². The van der Waals surface area contributed by atoms with Crippen LogP contribution >= 0.6 is 0 Å². The number of hydrogen-bond donors (Lipinski definition) is 1. The van der Waals surface area contributed by atoms with Gasteiger partial charge in [0, 0.05) is 36.6 Å². The minimum Gasteiger partial charge on any atom is -0.493 e. The first-order valence-corrected chi connectivity index (χ1v) is 7.28. The molecule has 1 aliphatic heterocycles. The molecule has 0 saturated carbocycles. The van der Waals surface area contributed by atoms with Gasteiger partial charge in [-0.3, -0.25) is 0 Å². The lowest BCUT2D eigenvalue weighted by atomic mass is 9.84. The fourth-order valence-corrected chi connectivity index (χ4v) is 2.74. The minimum absolute atomic E-state index is 0.382. The second-order valence-electron chi connectivity index (χ2n) is 6.30. The Hall–Kier alpha value is -1.38. The number of nitrogens with two attached hydrogens (primary N) is 1. The number of hydrogen-bond acceptors (Lipinski definition) is 3. The molecule has 0 aliphatic carbocycles. The van der Waals surface area contributed by atoms with E-state index in [1.54, 1.807) is 0 Å². The number of nitrogens with zero attached hydrogens (tertiary/aromatic N) is 1. The standard InChI is InChI=1S/C16H26N2O/c1-4-8-19-15-10-13(17)9-14(11-15)18-7-5-6-16(2,3)12-18/h9-11H,4-8,12,17H2,1-3H3. The summed E-state index contributed by atoms with van der Waals surface area (Å²) < 4.78 is 5.71. The zero-order chi connectivity index (χ0) is 13.9. The first-order chi connectivity index (χ1) is 9.00. The Balaban J connectivity index is 2.16. The molecule has 0 spiro atoms. The molecule has 3 nitrogen and oxygen atoms in total. The summed E-state index contributed by atoms with van der Waals surface area (Å²) in [5.41, 5.74) is 8.36. The second kappa shape index (κ2) is 5.72. The predicted octanol–water partition coefficient (Wildman–Crippen LogP) is 3.68. The molecular formula is C16H26N2O. The fraction of sp³-hybridized carbons (Fsp3) is 0.625. The SMILES string of the molecule is CCCOc1cc(N)cc(N2CCCC(C)(C)C2)c1. The molecule has 1 saturated heterocycles. The summed E-state index contributed by atoms with van der Waals surface area (Å²) in [5, 5.41) is 0. The van der Waals surface area contributed by atoms with Crippen LogP contribution in [0, 0.1) is 5.41 Å². The van der Waals surface area contributed by atoms with E-state index in [0.29, 0.717) is 5.41 Å². The van der Waals surface area contributed by atoms with Crippen molar-refractivity contribution in [3.63, 3.8) is 0 Å². The largest absolute Gasteiger partial charge is 0.493 e. The molecule has 0 atom stereocenters. The lowest BCUT2D eigenvalue weighted by Crippen LogP contribution is -2.40. The van der Waals surface area contributed by atoms with Crippen molar-refractivity contribution in [2.75, 3.05) is 30.3 Å². The highest BCUT2D eigenvalue weighted by molar-refractivity contribution is 5.60. The highest BCUT2D eigenvalue weighted by Crippen LogP contribution is 2.34. The Morgan fingerprint density at radius 1 is 1.32 bits per heavy atom. The quantitative estimate of drug-likeness (QED) is 0.841. The van der Waals surface area contributed by atoms with Crippen molar-refractivity contribution in [2.45, 2.75) is 40.0 Å². The van der Waals surface area contributed by atoms with Crippen LogP contribution in [0.3, 0.4) is 0 Å². The first-order valence-electron chi connectivity index (χ1n) is 7.28. The van der Waals surface area contributed by atoms with Gasteiger partial charge < -0.3 is 15.4 Å². The van der Waals surface area contributed by atoms with Gasteiger partial charge in [0.2, 0.25) is 0 Å². The molecule has 0 aromatic heterocycles. The van der Waals surface area contributed by atoms with Gasteiger partial charge in [-0.1, -0.05) is 20.8 Å². The van der Waals surface area contributed by atoms with Gasteiger partial charge in [0.05, 0.1) is 6.61 Å². The van der Waals surface area contributed by atoms with E-state index in [1.165, 1.54) is 18.5 Å². The zero-order valence-corrected chi connectivity index (χ0v) is 12.4. The molecule has 3 heteroatoms. The molecule has 0 unspecified atom stereocenters. The van der Waals surface area contributed by atoms with Gasteiger partial charge >= 0.3 is 0 Å². The number of benzene rings is 1. The molecule has 0 bridgehead atoms. The maximum absolute atomic E-state index is 6.00. The van der Waals surface area contributed by atoms with E-state index in [4.69, 9.17) is 10.5 Å². The van der Waals surface area contributed by atoms with Gasteiger partial charge in [-0.2, -0.15) is 0 Å². The van der Waals surface area contributed by atoms with Crippen LogP contribution in [0.15, 0.2) is 18.2 Å². The Labute approximate surface area is 116 Å². The number of ether oxygens (including phenoxy) is 1. The molecule has 0 amide bonds. The zero-order valence-electron chi connectivity index (χ0n) is 12.4. The van der Waals surface area contributed by atoms with E-state index < -0.39 is 0 Å². The predicted molar refractivity (Wildman–Crippen MR) is 81.9 cm³/mol. The van der Waals surface area contributed by atoms with E-state index in [1.807, 2.05) is 6.07 Å². The molecule has 1 fully saturated rings. The van der Waals surface area contributed by atoms with Crippen LogP contribution in [0.5, 0.6) is 5.75 Å². The van der Waals surface area contributed by atoms with Gasteiger partial charge in [-0.25, -0.2) is 0 Å². The topological polar surface area (TPSA) is 38.5 Å². The molecule has 19 heavy (non-hydrogen) atoms. The van der Waals surface area contributed by atoms with Gasteiger partial charge in [-0.15, -0.1) is 0 Å². The Morgan fingerprint density at radius 2 is 2.11 bits per heavy atom. The average Bonchev–Trinajstić information content (AvgIpc) is 2.34. The summed E-state index contributed by atoms with van der Waals surface area (Å²) >= 11 is 0. The summed E-state index contributed by atoms with van der Waals surface area (Å²) in [6.45, 7) is 9.72. The number of anilines is 2. The number of rotatable bonds is 4. The van der Waals surface area contributed by atoms with Gasteiger partial charge in [0.1, 0.15) is 5.75 Å². The van der Waals surface area contributed by atoms with Crippen LogP contribution in [0.4, 0.5) is 11.4 Å². The average molecular weight is 262 g/mol. The van der Waals surface area contributed by atoms with Crippen molar-refractivity contribution in [3.8, 4) is 5.75 Å². The third-order valence-corrected chi connectivity index (χ3v) is 3.65. The maximum atomic E-state index is 6.00. The van der Waals surface area contributed by atoms with Crippen LogP contribution in [0.25, 0.3) is 0 Å². The maximum Gasteiger partial charge on any atom is 0.123 e. The highest BCUT2D eigenvalue weighted by Gasteiger charge is 2.26. The fourth-order valence-electron chi connectivity index (χ4n) is 2.74. The second-order valence-corrected chi connectivity index (χ2v) is 6.30. The molecule has 2 rings (SSSR count). The van der Waals surface area contributed by atoms with Gasteiger partial charge in [0.25, 0.3) is 0 Å². The Kier molecular flexibility index (Phi) is 4.23. The molecule has 1 aromatic carbocycles. The molecule has 1 aliphatic rings. The van der Waals surface area contributed by atoms with Crippen molar-refractivity contribution >= 4 is 11.4 Å². The van der Waals surface area contributed by atoms with E-state index in [2.05, 4.69) is 37.8 Å². The number of nitrogen functional groups attached to an aromatic ring is 1. The van der Waals surface area contributed by atoms with Crippen LogP contribution in [-0.4, -0.2) is 19.7 Å². The van der Waals surface area contributed by atoms with Crippen LogP contribution < -0.4 is 15.4 Å². The third-order valence-electron chi connectivity index (χ3n) is 3.65. The van der Waals surface area contributed by atoms with Crippen LogP contribution in [0.1, 0.15) is 40.0 Å². The third kappa shape index (κ3) is 3.79. The summed E-state index contributed by atoms with van der Waals surface area (Å²) in [6.07, 6.45) is 3.55. The lowest BCUT2D eigenvalue weighted by molar-refractivity contribution is 0.292. The summed E-state index contributed by atoms with van der Waals surface area (Å²) in [5.74, 6) is 0.889. The van der Waals surface area contributed by atoms with Crippen LogP contribution in [0.2, 0.25) is 0 Å². The Bertz CT molecular complexity index is 429. The summed E-state index contributed by atoms with van der Waals surface area (Å²) in [4.78, 5) is 2.43. The molecule has 2 N–H and O–H groups in total. The molecular weight excluding hydrogens is 236 g/mol. The van der Waals surface area contributed by atoms with Crippen molar-refractivity contribution < 1.29 is 4.74 Å². The van der Waals surface area contributed by atoms with E-state index in [9.17, 15) is 0 Å². The number of piperidine rings is 1. The van der Waals surface area contributed by atoms with Crippen molar-refractivity contribution in [3.05, 3.63) is 18.2 Å². The first kappa shape index (κ1) is 14.0. The van der Waals surface area contributed by atoms with Gasteiger partial charge in [-0.05, 0) is 30.7 Å². The van der Waals surface area contributed by atoms with E-state index >= 15 is 0 Å². The van der Waals surface area contributed by atoms with Crippen molar-refractivity contribution in [1.82, 2.24) is 0 Å². The molecule has 1 heterocycles. The smallest absolute Gasteiger partial charge is 0.123 e. The van der Waals surface area contributed by atoms with Gasteiger partial charge in [0.15, 0.2) is 0 Å². The van der Waals surface area contributed by atoms with E-state index in [-0.39, 0.29) is 0 Å². The van der Waals surface area contributed by atoms with Crippen molar-refractivity contribution in [1.29, 1.82) is 0 Å². The minimum atomic E-state index is 0.382. The summed E-state index contributed by atoms with van der Waals surface area (Å²) in [6, 6.07) is 6.09. The monoisotopic (exact) mass is 262 g/mol. The Morgan fingerprint density at radius 3 is 2.79 bits per heavy atom. The lowest BCUT2D eigenvalue weighted by Gasteiger charge is -2.39. The molecule has 0 radical (unpaired) electrons. The normalized spacial score (nSPS) is 18.4. The molecule has 106 valence electrons. The van der Waals surface area contributed by atoms with E-state index in [0.717, 1.165) is 37.6 Å². The molecule has 1 aromatic rings.